The molecule has 4 rings (SSSR count). The average molecular weight is 395 g/mol. The molecule has 154 valence electrons. The molecule has 2 aromatic heterocycles. The van der Waals surface area contributed by atoms with Crippen LogP contribution in [0.1, 0.15) is 56.6 Å². The van der Waals surface area contributed by atoms with E-state index >= 15 is 0 Å². The standard InChI is InChI=1S/C22H30N6O/c23-22-25-12-18(13-26-22)16-8-9-20(24-11-16)17-5-4-10-28(14-17)15-21(29)27-19-6-2-1-3-7-19/h8-9,11-13,17,19H,1-7,10,14-15H2,(H,27,29)(H2,23,25,26)/t17-/m1/s1. The number of nitrogens with one attached hydrogen (secondary N) is 1. The third-order valence-corrected chi connectivity index (χ3v) is 6.05. The summed E-state index contributed by atoms with van der Waals surface area (Å²) in [5.41, 5.74) is 8.53. The monoisotopic (exact) mass is 394 g/mol. The number of amides is 1. The second-order valence-corrected chi connectivity index (χ2v) is 8.28. The lowest BCUT2D eigenvalue weighted by molar-refractivity contribution is -0.123. The number of anilines is 1. The number of aromatic nitrogens is 3. The molecule has 2 aromatic rings. The fourth-order valence-corrected chi connectivity index (χ4v) is 4.47. The zero-order chi connectivity index (χ0) is 20.1. The number of likely N-dealkylation sites (tertiary alicyclic amines) is 1. The SMILES string of the molecule is Nc1ncc(-c2ccc([C@@H]3CCCN(CC(=O)NC4CCCCC4)C3)nc2)cn1. The van der Waals surface area contributed by atoms with E-state index in [-0.39, 0.29) is 11.9 Å². The van der Waals surface area contributed by atoms with Crippen molar-refractivity contribution in [2.24, 2.45) is 0 Å². The second kappa shape index (κ2) is 9.31. The fourth-order valence-electron chi connectivity index (χ4n) is 4.47. The predicted octanol–water partition coefficient (Wildman–Crippen LogP) is 2.75. The van der Waals surface area contributed by atoms with Gasteiger partial charge in [0.25, 0.3) is 0 Å². The van der Waals surface area contributed by atoms with E-state index in [4.69, 9.17) is 10.7 Å². The molecule has 1 amide bonds. The van der Waals surface area contributed by atoms with Crippen molar-refractivity contribution in [2.75, 3.05) is 25.4 Å². The number of nitrogen functional groups attached to an aromatic ring is 1. The van der Waals surface area contributed by atoms with Gasteiger partial charge in [-0.3, -0.25) is 14.7 Å². The second-order valence-electron chi connectivity index (χ2n) is 8.28. The van der Waals surface area contributed by atoms with Crippen LogP contribution in [0.25, 0.3) is 11.1 Å². The Morgan fingerprint density at radius 1 is 1.00 bits per heavy atom. The van der Waals surface area contributed by atoms with E-state index in [1.165, 1.54) is 19.3 Å². The van der Waals surface area contributed by atoms with Crippen LogP contribution in [0.2, 0.25) is 0 Å². The van der Waals surface area contributed by atoms with Crippen LogP contribution >= 0.6 is 0 Å². The van der Waals surface area contributed by atoms with Gasteiger partial charge in [0.05, 0.1) is 6.54 Å². The van der Waals surface area contributed by atoms with Crippen molar-refractivity contribution in [1.82, 2.24) is 25.2 Å². The minimum absolute atomic E-state index is 0.171. The van der Waals surface area contributed by atoms with Crippen LogP contribution < -0.4 is 11.1 Å². The minimum Gasteiger partial charge on any atom is -0.368 e. The van der Waals surface area contributed by atoms with E-state index in [9.17, 15) is 4.79 Å². The summed E-state index contributed by atoms with van der Waals surface area (Å²) in [6, 6.07) is 4.52. The fraction of sp³-hybridized carbons (Fsp3) is 0.545. The zero-order valence-electron chi connectivity index (χ0n) is 16.9. The predicted molar refractivity (Wildman–Crippen MR) is 113 cm³/mol. The van der Waals surface area contributed by atoms with Gasteiger partial charge in [0.1, 0.15) is 0 Å². The first-order chi connectivity index (χ1) is 14.2. The maximum atomic E-state index is 12.5. The van der Waals surface area contributed by atoms with E-state index in [0.29, 0.717) is 18.5 Å². The minimum atomic E-state index is 0.171. The Morgan fingerprint density at radius 3 is 2.48 bits per heavy atom. The summed E-state index contributed by atoms with van der Waals surface area (Å²) in [5, 5.41) is 3.23. The molecule has 0 aromatic carbocycles. The Hall–Kier alpha value is -2.54. The number of piperidine rings is 1. The quantitative estimate of drug-likeness (QED) is 0.809. The van der Waals surface area contributed by atoms with Crippen LogP contribution in [0.15, 0.2) is 30.7 Å². The number of nitrogens with zero attached hydrogens (tertiary/aromatic N) is 4. The van der Waals surface area contributed by atoms with E-state index in [1.807, 2.05) is 6.20 Å². The summed E-state index contributed by atoms with van der Waals surface area (Å²) in [5.74, 6) is 0.806. The highest BCUT2D eigenvalue weighted by Gasteiger charge is 2.25. The molecule has 0 spiro atoms. The number of carbonyl (C=O) groups excluding carboxylic acids is 1. The summed E-state index contributed by atoms with van der Waals surface area (Å²) in [4.78, 5) is 27.5. The van der Waals surface area contributed by atoms with Crippen molar-refractivity contribution < 1.29 is 4.79 Å². The molecule has 0 unspecified atom stereocenters. The Balaban J connectivity index is 1.33. The molecule has 0 bridgehead atoms. The first-order valence-corrected chi connectivity index (χ1v) is 10.7. The Bertz CT molecular complexity index is 801. The molecule has 7 heteroatoms. The molecule has 29 heavy (non-hydrogen) atoms. The molecule has 0 radical (unpaired) electrons. The number of carbonyl (C=O) groups is 1. The molecule has 1 aliphatic heterocycles. The molecule has 3 heterocycles. The van der Waals surface area contributed by atoms with Gasteiger partial charge in [-0.2, -0.15) is 0 Å². The van der Waals surface area contributed by atoms with Crippen molar-refractivity contribution in [1.29, 1.82) is 0 Å². The van der Waals surface area contributed by atoms with Crippen LogP contribution in [0.3, 0.4) is 0 Å². The Morgan fingerprint density at radius 2 is 1.76 bits per heavy atom. The summed E-state index contributed by atoms with van der Waals surface area (Å²) in [7, 11) is 0. The molecular formula is C22H30N6O. The molecule has 2 aliphatic rings. The summed E-state index contributed by atoms with van der Waals surface area (Å²) < 4.78 is 0. The van der Waals surface area contributed by atoms with Gasteiger partial charge >= 0.3 is 0 Å². The summed E-state index contributed by atoms with van der Waals surface area (Å²) in [6.07, 6.45) is 13.5. The highest BCUT2D eigenvalue weighted by atomic mass is 16.2. The van der Waals surface area contributed by atoms with Gasteiger partial charge in [-0.15, -0.1) is 0 Å². The highest BCUT2D eigenvalue weighted by Crippen LogP contribution is 2.27. The van der Waals surface area contributed by atoms with E-state index in [1.54, 1.807) is 12.4 Å². The number of hydrogen-bond acceptors (Lipinski definition) is 6. The molecule has 1 atom stereocenters. The largest absolute Gasteiger partial charge is 0.368 e. The summed E-state index contributed by atoms with van der Waals surface area (Å²) >= 11 is 0. The van der Waals surface area contributed by atoms with Crippen molar-refractivity contribution in [2.45, 2.75) is 56.9 Å². The first kappa shape index (κ1) is 19.8. The molecule has 1 saturated heterocycles. The van der Waals surface area contributed by atoms with Gasteiger partial charge in [0.15, 0.2) is 0 Å². The van der Waals surface area contributed by atoms with Crippen LogP contribution in [0, 0.1) is 0 Å². The van der Waals surface area contributed by atoms with Gasteiger partial charge in [-0.1, -0.05) is 25.3 Å². The number of hydrogen-bond donors (Lipinski definition) is 2. The van der Waals surface area contributed by atoms with E-state index in [2.05, 4.69) is 32.3 Å². The number of rotatable bonds is 5. The Kier molecular flexibility index (Phi) is 6.34. The number of pyridine rings is 1. The van der Waals surface area contributed by atoms with Crippen molar-refractivity contribution in [3.05, 3.63) is 36.4 Å². The van der Waals surface area contributed by atoms with Gasteiger partial charge < -0.3 is 11.1 Å². The highest BCUT2D eigenvalue weighted by molar-refractivity contribution is 5.78. The zero-order valence-corrected chi connectivity index (χ0v) is 16.9. The lowest BCUT2D eigenvalue weighted by atomic mass is 9.93. The van der Waals surface area contributed by atoms with Gasteiger partial charge in [0.2, 0.25) is 11.9 Å². The van der Waals surface area contributed by atoms with Crippen LogP contribution in [0.5, 0.6) is 0 Å². The smallest absolute Gasteiger partial charge is 0.234 e. The molecular weight excluding hydrogens is 364 g/mol. The average Bonchev–Trinajstić information content (AvgIpc) is 2.75. The van der Waals surface area contributed by atoms with E-state index < -0.39 is 0 Å². The molecule has 3 N–H and O–H groups in total. The van der Waals surface area contributed by atoms with E-state index in [0.717, 1.165) is 55.6 Å². The normalized spacial score (nSPS) is 21.0. The molecule has 1 aliphatic carbocycles. The maximum absolute atomic E-state index is 12.5. The molecule has 7 nitrogen and oxygen atoms in total. The van der Waals surface area contributed by atoms with Crippen molar-refractivity contribution in [3.63, 3.8) is 0 Å². The van der Waals surface area contributed by atoms with Crippen LogP contribution in [-0.2, 0) is 4.79 Å². The maximum Gasteiger partial charge on any atom is 0.234 e. The van der Waals surface area contributed by atoms with Crippen LogP contribution in [0.4, 0.5) is 5.95 Å². The van der Waals surface area contributed by atoms with Crippen molar-refractivity contribution in [3.8, 4) is 11.1 Å². The summed E-state index contributed by atoms with van der Waals surface area (Å²) in [6.45, 7) is 2.36. The number of nitrogens with two attached hydrogens (primary N) is 1. The lowest BCUT2D eigenvalue weighted by Gasteiger charge is -2.32. The van der Waals surface area contributed by atoms with Crippen molar-refractivity contribution >= 4 is 11.9 Å². The third-order valence-electron chi connectivity index (χ3n) is 6.05. The van der Waals surface area contributed by atoms with Gasteiger partial charge in [-0.05, 0) is 38.3 Å². The van der Waals surface area contributed by atoms with Gasteiger partial charge in [0, 0.05) is 53.9 Å². The third kappa shape index (κ3) is 5.29. The topological polar surface area (TPSA) is 97.0 Å². The molecule has 1 saturated carbocycles. The van der Waals surface area contributed by atoms with Gasteiger partial charge in [-0.25, -0.2) is 9.97 Å². The Labute approximate surface area is 172 Å². The first-order valence-electron chi connectivity index (χ1n) is 10.7. The lowest BCUT2D eigenvalue weighted by Crippen LogP contribution is -2.45. The molecule has 2 fully saturated rings. The van der Waals surface area contributed by atoms with Crippen LogP contribution in [-0.4, -0.2) is 51.4 Å².